The van der Waals surface area contributed by atoms with Crippen molar-refractivity contribution in [3.05, 3.63) is 15.3 Å². The minimum absolute atomic E-state index is 0. The van der Waals surface area contributed by atoms with Crippen molar-refractivity contribution in [3.63, 3.8) is 0 Å². The van der Waals surface area contributed by atoms with Crippen LogP contribution in [0.4, 0.5) is 0 Å². The summed E-state index contributed by atoms with van der Waals surface area (Å²) in [6, 6.07) is 0. The summed E-state index contributed by atoms with van der Waals surface area (Å²) in [7, 11) is 0.770. The average molecular weight is 686 g/mol. The molecule has 6 aliphatic rings. The smallest absolute Gasteiger partial charge is 0.356 e. The number of rotatable bonds is 6. The Kier molecular flexibility index (Phi) is 19.6. The topological polar surface area (TPSA) is 66.2 Å². The van der Waals surface area contributed by atoms with Crippen LogP contribution in [0.25, 0.3) is 0 Å². The third-order valence-electron chi connectivity index (χ3n) is 12.0. The van der Waals surface area contributed by atoms with Crippen molar-refractivity contribution >= 4 is 15.8 Å². The van der Waals surface area contributed by atoms with Gasteiger partial charge in [0.15, 0.2) is 0 Å². The number of hydrogen-bond donors (Lipinski definition) is 0. The van der Waals surface area contributed by atoms with Crippen LogP contribution in [0.1, 0.15) is 193 Å². The molecule has 0 spiro atoms. The molecule has 0 heterocycles. The van der Waals surface area contributed by atoms with E-state index in [-0.39, 0.29) is 17.1 Å². The van der Waals surface area contributed by atoms with Crippen molar-refractivity contribution in [1.82, 2.24) is 0 Å². The first-order valence-corrected chi connectivity index (χ1v) is 22.1. The van der Waals surface area contributed by atoms with Gasteiger partial charge < -0.3 is 15.3 Å². The molecule has 0 aromatic rings. The fraction of sp³-hybridized carbons (Fsp3) is 1.00. The van der Waals surface area contributed by atoms with E-state index in [1.165, 1.54) is 72.5 Å². The maximum atomic E-state index is 8.25. The van der Waals surface area contributed by atoms with E-state index in [1.807, 2.05) is 0 Å². The summed E-state index contributed by atoms with van der Waals surface area (Å²) in [5, 5.41) is 14.8. The van der Waals surface area contributed by atoms with Crippen molar-refractivity contribution in [2.45, 2.75) is 227 Å². The predicted octanol–water partition coefficient (Wildman–Crippen LogP) is 12.7. The monoisotopic (exact) mass is 685 g/mol. The fourth-order valence-corrected chi connectivity index (χ4v) is 19.4. The third-order valence-corrected chi connectivity index (χ3v) is 20.1. The number of hydrogen-bond acceptors (Lipinski definition) is 3. The molecule has 0 radical (unpaired) electrons. The van der Waals surface area contributed by atoms with Gasteiger partial charge in [-0.25, -0.2) is 0 Å². The Balaban J connectivity index is 0.000000206. The van der Waals surface area contributed by atoms with Gasteiger partial charge in [0.05, 0.1) is 5.09 Å². The molecule has 0 atom stereocenters. The quantitative estimate of drug-likeness (QED) is 0.121. The van der Waals surface area contributed by atoms with Gasteiger partial charge in [-0.2, -0.15) is 0 Å². The van der Waals surface area contributed by atoms with Crippen LogP contribution < -0.4 is 0 Å². The molecule has 4 nitrogen and oxygen atoms in total. The molecule has 0 aromatic carbocycles. The van der Waals surface area contributed by atoms with Gasteiger partial charge in [0, 0.05) is 0 Å². The zero-order chi connectivity index (χ0) is 29.4. The molecule has 0 amide bonds. The maximum absolute atomic E-state index is 8.25. The minimum atomic E-state index is -1.75. The van der Waals surface area contributed by atoms with Gasteiger partial charge in [0.1, 0.15) is 0 Å². The zero-order valence-corrected chi connectivity index (χ0v) is 30.3. The van der Waals surface area contributed by atoms with Crippen molar-refractivity contribution in [3.8, 4) is 0 Å². The van der Waals surface area contributed by atoms with Gasteiger partial charge in [0.2, 0.25) is 0 Å². The molecule has 0 aliphatic heterocycles. The summed E-state index contributed by atoms with van der Waals surface area (Å²) in [6.07, 6.45) is 47.2. The zero-order valence-electron chi connectivity index (χ0n) is 27.5. The van der Waals surface area contributed by atoms with Crippen LogP contribution in [-0.2, 0) is 17.1 Å². The van der Waals surface area contributed by atoms with Crippen LogP contribution >= 0.6 is 15.8 Å². The molecule has 0 bridgehead atoms. The van der Waals surface area contributed by atoms with E-state index < -0.39 is 5.09 Å². The Morgan fingerprint density at radius 1 is 0.326 bits per heavy atom. The normalized spacial score (nSPS) is 26.1. The molecule has 6 saturated carbocycles. The van der Waals surface area contributed by atoms with Crippen LogP contribution in [0, 0.1) is 15.3 Å². The minimum Gasteiger partial charge on any atom is -0.356 e. The SMILES string of the molecule is C1CCC(P(C2CCCCC2)C2CCCCC2)CC1.C1CCC(P(C2CCCCC2)C2CCCCC2)CC1.O=[N+]([O-])[O-].[Cu+]. The van der Waals surface area contributed by atoms with E-state index in [4.69, 9.17) is 15.3 Å². The molecule has 0 N–H and O–H groups in total. The summed E-state index contributed by atoms with van der Waals surface area (Å²) < 4.78 is 0. The first-order chi connectivity index (χ1) is 20.6. The van der Waals surface area contributed by atoms with E-state index in [2.05, 4.69) is 0 Å². The van der Waals surface area contributed by atoms with Crippen LogP contribution in [0.3, 0.4) is 0 Å². The molecule has 0 saturated heterocycles. The summed E-state index contributed by atoms with van der Waals surface area (Å²) in [4.78, 5) is 8.25. The van der Waals surface area contributed by atoms with Crippen LogP contribution in [0.5, 0.6) is 0 Å². The standard InChI is InChI=1S/2C18H33P.Cu.NO3/c2*1-4-10-16(11-5-1)19(17-12-6-2-7-13-17)18-14-8-3-9-15-18;;2-1(3)4/h2*16-18H,1-15H2;;/q;;+1;-1. The van der Waals surface area contributed by atoms with Crippen molar-refractivity contribution < 1.29 is 22.2 Å². The molecule has 254 valence electrons. The molecule has 0 aromatic heterocycles. The molecular weight excluding hydrogens is 620 g/mol. The second kappa shape index (κ2) is 22.2. The summed E-state index contributed by atoms with van der Waals surface area (Å²) >= 11 is 0. The van der Waals surface area contributed by atoms with Gasteiger partial charge in [-0.05, 0) is 111 Å². The van der Waals surface area contributed by atoms with Gasteiger partial charge in [-0.15, -0.1) is 0 Å². The van der Waals surface area contributed by atoms with Crippen molar-refractivity contribution in [1.29, 1.82) is 0 Å². The molecule has 7 heteroatoms. The second-order valence-corrected chi connectivity index (χ2v) is 21.0. The fourth-order valence-electron chi connectivity index (χ4n) is 10.1. The molecular formula is C36H66CuNO3P2. The largest absolute Gasteiger partial charge is 1.00 e. The molecule has 43 heavy (non-hydrogen) atoms. The number of nitrogens with zero attached hydrogens (tertiary/aromatic N) is 1. The molecule has 6 rings (SSSR count). The van der Waals surface area contributed by atoms with Crippen LogP contribution in [0.15, 0.2) is 0 Å². The second-order valence-electron chi connectivity index (χ2n) is 14.9. The van der Waals surface area contributed by atoms with E-state index in [0.29, 0.717) is 15.8 Å². The van der Waals surface area contributed by atoms with E-state index >= 15 is 0 Å². The van der Waals surface area contributed by atoms with Crippen molar-refractivity contribution in [2.75, 3.05) is 0 Å². The van der Waals surface area contributed by atoms with E-state index in [9.17, 15) is 0 Å². The average Bonchev–Trinajstić information content (AvgIpc) is 3.05. The summed E-state index contributed by atoms with van der Waals surface area (Å²) in [5.74, 6) is 0. The predicted molar refractivity (Wildman–Crippen MR) is 185 cm³/mol. The summed E-state index contributed by atoms with van der Waals surface area (Å²) in [6.45, 7) is 0. The van der Waals surface area contributed by atoms with Gasteiger partial charge in [-0.3, -0.25) is 0 Å². The van der Waals surface area contributed by atoms with Crippen LogP contribution in [0.2, 0.25) is 0 Å². The van der Waals surface area contributed by atoms with Gasteiger partial charge in [-0.1, -0.05) is 131 Å². The molecule has 6 aliphatic carbocycles. The van der Waals surface area contributed by atoms with E-state index in [0.717, 1.165) is 0 Å². The summed E-state index contributed by atoms with van der Waals surface area (Å²) in [5.41, 5.74) is 7.14. The van der Waals surface area contributed by atoms with E-state index in [1.54, 1.807) is 154 Å². The van der Waals surface area contributed by atoms with Crippen LogP contribution in [-0.4, -0.2) is 39.0 Å². The van der Waals surface area contributed by atoms with Crippen molar-refractivity contribution in [2.24, 2.45) is 0 Å². The van der Waals surface area contributed by atoms with Gasteiger partial charge in [0.25, 0.3) is 0 Å². The first kappa shape index (κ1) is 38.0. The molecule has 0 unspecified atom stereocenters. The Hall–Kier alpha value is 0.579. The Morgan fingerprint density at radius 2 is 0.442 bits per heavy atom. The van der Waals surface area contributed by atoms with Gasteiger partial charge >= 0.3 is 17.1 Å². The Morgan fingerprint density at radius 3 is 0.558 bits per heavy atom. The first-order valence-electron chi connectivity index (χ1n) is 19.0. The Bertz CT molecular complexity index is 566. The molecule has 6 fully saturated rings. The Labute approximate surface area is 278 Å². The third kappa shape index (κ3) is 13.3. The maximum Gasteiger partial charge on any atom is 1.00 e.